The van der Waals surface area contributed by atoms with Gasteiger partial charge >= 0.3 is 0 Å². The summed E-state index contributed by atoms with van der Waals surface area (Å²) in [6.45, 7) is 5.64. The minimum Gasteiger partial charge on any atom is -0.373 e. The van der Waals surface area contributed by atoms with E-state index in [9.17, 15) is 4.79 Å². The normalized spacial score (nSPS) is 10.9. The minimum absolute atomic E-state index is 0.141. The van der Waals surface area contributed by atoms with Crippen LogP contribution in [-0.4, -0.2) is 49.0 Å². The zero-order valence-corrected chi connectivity index (χ0v) is 12.6. The van der Waals surface area contributed by atoms with Crippen molar-refractivity contribution >= 4 is 23.3 Å². The number of rotatable bonds is 6. The molecule has 0 atom stereocenters. The fraction of sp³-hybridized carbons (Fsp3) is 0.538. The summed E-state index contributed by atoms with van der Waals surface area (Å²) in [5.41, 5.74) is 0.511. The van der Waals surface area contributed by atoms with Crippen LogP contribution in [0.2, 0.25) is 5.15 Å². The lowest BCUT2D eigenvalue weighted by atomic mass is 10.2. The lowest BCUT2D eigenvalue weighted by Gasteiger charge is -2.20. The second-order valence-electron chi connectivity index (χ2n) is 4.64. The Morgan fingerprint density at radius 2 is 2.16 bits per heavy atom. The van der Waals surface area contributed by atoms with Crippen LogP contribution in [0.4, 0.5) is 5.82 Å². The van der Waals surface area contributed by atoms with Crippen molar-refractivity contribution in [2.24, 2.45) is 0 Å². The van der Waals surface area contributed by atoms with Gasteiger partial charge in [0.05, 0.1) is 0 Å². The number of likely N-dealkylation sites (N-methyl/N-ethyl adjacent to an activating group) is 1. The molecule has 0 spiro atoms. The van der Waals surface area contributed by atoms with E-state index in [1.54, 1.807) is 19.2 Å². The molecule has 1 aromatic rings. The first kappa shape index (κ1) is 15.7. The summed E-state index contributed by atoms with van der Waals surface area (Å²) >= 11 is 5.86. The zero-order chi connectivity index (χ0) is 14.4. The third kappa shape index (κ3) is 5.04. The van der Waals surface area contributed by atoms with Crippen molar-refractivity contribution < 1.29 is 4.79 Å². The van der Waals surface area contributed by atoms with E-state index in [4.69, 9.17) is 11.6 Å². The second-order valence-corrected chi connectivity index (χ2v) is 5.03. The highest BCUT2D eigenvalue weighted by Crippen LogP contribution is 2.13. The van der Waals surface area contributed by atoms with E-state index < -0.39 is 0 Å². The fourth-order valence-electron chi connectivity index (χ4n) is 1.46. The first-order chi connectivity index (χ1) is 8.93. The van der Waals surface area contributed by atoms with Crippen molar-refractivity contribution in [3.05, 3.63) is 22.8 Å². The SMILES string of the molecule is CNc1cc(C(=O)NCCN(C)C(C)C)cc(Cl)n1. The molecule has 0 aliphatic heterocycles. The van der Waals surface area contributed by atoms with Gasteiger partial charge in [-0.1, -0.05) is 11.6 Å². The number of pyridine rings is 1. The Hall–Kier alpha value is -1.33. The van der Waals surface area contributed by atoms with Gasteiger partial charge in [-0.05, 0) is 33.0 Å². The molecule has 0 aliphatic rings. The van der Waals surface area contributed by atoms with Crippen molar-refractivity contribution in [3.63, 3.8) is 0 Å². The standard InChI is InChI=1S/C13H21ClN4O/c1-9(2)18(4)6-5-16-13(19)10-7-11(14)17-12(8-10)15-3/h7-9H,5-6H2,1-4H3,(H,15,17)(H,16,19). The van der Waals surface area contributed by atoms with Crippen LogP contribution in [0.3, 0.4) is 0 Å². The summed E-state index contributed by atoms with van der Waals surface area (Å²) in [5.74, 6) is 0.440. The number of hydrogen-bond donors (Lipinski definition) is 2. The van der Waals surface area contributed by atoms with Gasteiger partial charge in [-0.25, -0.2) is 4.98 Å². The monoisotopic (exact) mass is 284 g/mol. The summed E-state index contributed by atoms with van der Waals surface area (Å²) in [4.78, 5) is 18.2. The number of carbonyl (C=O) groups excluding carboxylic acids is 1. The number of halogens is 1. The van der Waals surface area contributed by atoms with E-state index in [-0.39, 0.29) is 5.91 Å². The molecule has 1 aromatic heterocycles. The molecule has 0 saturated carbocycles. The van der Waals surface area contributed by atoms with Gasteiger partial charge < -0.3 is 15.5 Å². The van der Waals surface area contributed by atoms with E-state index in [2.05, 4.69) is 34.4 Å². The van der Waals surface area contributed by atoms with Crippen molar-refractivity contribution in [2.45, 2.75) is 19.9 Å². The van der Waals surface area contributed by atoms with Gasteiger partial charge in [0.2, 0.25) is 0 Å². The average molecular weight is 285 g/mol. The van der Waals surface area contributed by atoms with Gasteiger partial charge in [0.1, 0.15) is 11.0 Å². The molecule has 0 aliphatic carbocycles. The molecule has 6 heteroatoms. The largest absolute Gasteiger partial charge is 0.373 e. The Balaban J connectivity index is 2.56. The molecule has 1 heterocycles. The minimum atomic E-state index is -0.141. The van der Waals surface area contributed by atoms with Crippen LogP contribution in [0.25, 0.3) is 0 Å². The van der Waals surface area contributed by atoms with Crippen LogP contribution in [0, 0.1) is 0 Å². The summed E-state index contributed by atoms with van der Waals surface area (Å²) in [6, 6.07) is 3.69. The van der Waals surface area contributed by atoms with Crippen LogP contribution in [0.15, 0.2) is 12.1 Å². The third-order valence-electron chi connectivity index (χ3n) is 2.94. The van der Waals surface area contributed by atoms with Crippen molar-refractivity contribution in [1.82, 2.24) is 15.2 Å². The molecule has 5 nitrogen and oxygen atoms in total. The van der Waals surface area contributed by atoms with Crippen LogP contribution < -0.4 is 10.6 Å². The number of hydrogen-bond acceptors (Lipinski definition) is 4. The van der Waals surface area contributed by atoms with E-state index in [1.165, 1.54) is 0 Å². The summed E-state index contributed by atoms with van der Waals surface area (Å²) in [7, 11) is 3.76. The first-order valence-corrected chi connectivity index (χ1v) is 6.65. The molecule has 0 aromatic carbocycles. The van der Waals surface area contributed by atoms with Crippen molar-refractivity contribution in [1.29, 1.82) is 0 Å². The topological polar surface area (TPSA) is 57.3 Å². The zero-order valence-electron chi connectivity index (χ0n) is 11.8. The number of anilines is 1. The van der Waals surface area contributed by atoms with Gasteiger partial charge in [0, 0.05) is 31.7 Å². The summed E-state index contributed by atoms with van der Waals surface area (Å²) in [5, 5.41) is 6.04. The Bertz CT molecular complexity index is 437. The third-order valence-corrected chi connectivity index (χ3v) is 3.14. The maximum Gasteiger partial charge on any atom is 0.251 e. The van der Waals surface area contributed by atoms with Crippen LogP contribution >= 0.6 is 11.6 Å². The molecule has 0 bridgehead atoms. The van der Waals surface area contributed by atoms with Gasteiger partial charge in [0.25, 0.3) is 5.91 Å². The van der Waals surface area contributed by atoms with Crippen LogP contribution in [0.5, 0.6) is 0 Å². The number of aromatic nitrogens is 1. The van der Waals surface area contributed by atoms with Gasteiger partial charge in [0.15, 0.2) is 0 Å². The Kier molecular flexibility index (Phi) is 6.05. The molecule has 0 saturated heterocycles. The fourth-order valence-corrected chi connectivity index (χ4v) is 1.67. The molecule has 0 unspecified atom stereocenters. The molecule has 19 heavy (non-hydrogen) atoms. The van der Waals surface area contributed by atoms with Crippen LogP contribution in [0.1, 0.15) is 24.2 Å². The van der Waals surface area contributed by atoms with Gasteiger partial charge in [-0.15, -0.1) is 0 Å². The summed E-state index contributed by atoms with van der Waals surface area (Å²) < 4.78 is 0. The van der Waals surface area contributed by atoms with E-state index in [1.807, 2.05) is 7.05 Å². The molecular weight excluding hydrogens is 264 g/mol. The molecule has 0 radical (unpaired) electrons. The Morgan fingerprint density at radius 3 is 2.74 bits per heavy atom. The lowest BCUT2D eigenvalue weighted by Crippen LogP contribution is -2.36. The van der Waals surface area contributed by atoms with Crippen LogP contribution in [-0.2, 0) is 0 Å². The Morgan fingerprint density at radius 1 is 1.47 bits per heavy atom. The molecule has 2 N–H and O–H groups in total. The number of amides is 1. The molecule has 1 amide bonds. The first-order valence-electron chi connectivity index (χ1n) is 6.27. The molecule has 0 fully saturated rings. The van der Waals surface area contributed by atoms with E-state index in [0.29, 0.717) is 29.1 Å². The van der Waals surface area contributed by atoms with Gasteiger partial charge in [-0.3, -0.25) is 4.79 Å². The van der Waals surface area contributed by atoms with Crippen molar-refractivity contribution in [3.8, 4) is 0 Å². The Labute approximate surface area is 119 Å². The predicted octanol–water partition coefficient (Wildman–Crippen LogP) is 1.85. The number of carbonyl (C=O) groups is 1. The van der Waals surface area contributed by atoms with Crippen molar-refractivity contribution in [2.75, 3.05) is 32.5 Å². The summed E-state index contributed by atoms with van der Waals surface area (Å²) in [6.07, 6.45) is 0. The molecular formula is C13H21ClN4O. The highest BCUT2D eigenvalue weighted by atomic mass is 35.5. The maximum atomic E-state index is 12.0. The maximum absolute atomic E-state index is 12.0. The molecule has 106 valence electrons. The highest BCUT2D eigenvalue weighted by Gasteiger charge is 2.09. The number of nitrogens with zero attached hydrogens (tertiary/aromatic N) is 2. The quantitative estimate of drug-likeness (QED) is 0.783. The predicted molar refractivity (Wildman–Crippen MR) is 78.9 cm³/mol. The average Bonchev–Trinajstić information content (AvgIpc) is 2.37. The van der Waals surface area contributed by atoms with E-state index in [0.717, 1.165) is 6.54 Å². The second kappa shape index (κ2) is 7.31. The molecule has 1 rings (SSSR count). The number of nitrogens with one attached hydrogen (secondary N) is 2. The highest BCUT2D eigenvalue weighted by molar-refractivity contribution is 6.29. The van der Waals surface area contributed by atoms with Gasteiger partial charge in [-0.2, -0.15) is 0 Å². The smallest absolute Gasteiger partial charge is 0.251 e. The van der Waals surface area contributed by atoms with E-state index >= 15 is 0 Å². The lowest BCUT2D eigenvalue weighted by molar-refractivity contribution is 0.0948.